The molecule has 0 heterocycles. The third-order valence-electron chi connectivity index (χ3n) is 1.43. The molecule has 0 spiro atoms. The summed E-state index contributed by atoms with van der Waals surface area (Å²) in [6, 6.07) is -0.0866. The van der Waals surface area contributed by atoms with Crippen molar-refractivity contribution in [1.29, 1.82) is 0 Å². The standard InChI is InChI=1S/C9H18ClNO2/c1-6(10)7(2)11-8(12)13-9(3,4)5/h6-7H,1-5H3,(H,11,12)/t6-,7?/m0/s1. The summed E-state index contributed by atoms with van der Waals surface area (Å²) in [6.45, 7) is 9.12. The van der Waals surface area contributed by atoms with Gasteiger partial charge in [0.05, 0.1) is 5.38 Å². The monoisotopic (exact) mass is 207 g/mol. The minimum Gasteiger partial charge on any atom is -0.444 e. The highest BCUT2D eigenvalue weighted by atomic mass is 35.5. The van der Waals surface area contributed by atoms with E-state index in [1.807, 2.05) is 34.6 Å². The number of halogens is 1. The number of nitrogens with one attached hydrogen (secondary N) is 1. The number of rotatable bonds is 2. The first-order valence-electron chi connectivity index (χ1n) is 4.36. The van der Waals surface area contributed by atoms with E-state index >= 15 is 0 Å². The second-order valence-corrected chi connectivity index (χ2v) is 4.80. The molecule has 0 aliphatic heterocycles. The van der Waals surface area contributed by atoms with Gasteiger partial charge in [0.25, 0.3) is 0 Å². The van der Waals surface area contributed by atoms with Crippen LogP contribution in [0.2, 0.25) is 0 Å². The molecule has 13 heavy (non-hydrogen) atoms. The first-order chi connectivity index (χ1) is 5.72. The van der Waals surface area contributed by atoms with E-state index in [-0.39, 0.29) is 11.4 Å². The third kappa shape index (κ3) is 6.70. The predicted molar refractivity (Wildman–Crippen MR) is 54.1 cm³/mol. The van der Waals surface area contributed by atoms with Gasteiger partial charge in [-0.15, -0.1) is 11.6 Å². The first-order valence-corrected chi connectivity index (χ1v) is 4.79. The molecule has 0 bridgehead atoms. The Morgan fingerprint density at radius 1 is 1.38 bits per heavy atom. The molecule has 1 amide bonds. The number of carbonyl (C=O) groups is 1. The van der Waals surface area contributed by atoms with E-state index in [1.165, 1.54) is 0 Å². The number of ether oxygens (including phenoxy) is 1. The molecule has 1 unspecified atom stereocenters. The second-order valence-electron chi connectivity index (χ2n) is 4.11. The molecule has 0 saturated heterocycles. The zero-order valence-electron chi connectivity index (χ0n) is 8.85. The van der Waals surface area contributed by atoms with Gasteiger partial charge < -0.3 is 10.1 Å². The Bertz CT molecular complexity index is 175. The number of hydrogen-bond donors (Lipinski definition) is 1. The van der Waals surface area contributed by atoms with Crippen molar-refractivity contribution in [2.24, 2.45) is 0 Å². The summed E-state index contributed by atoms with van der Waals surface area (Å²) >= 11 is 5.77. The molecule has 3 nitrogen and oxygen atoms in total. The Balaban J connectivity index is 3.89. The summed E-state index contributed by atoms with van der Waals surface area (Å²) in [5, 5.41) is 2.54. The van der Waals surface area contributed by atoms with Crippen molar-refractivity contribution in [2.75, 3.05) is 0 Å². The Morgan fingerprint density at radius 3 is 2.15 bits per heavy atom. The Morgan fingerprint density at radius 2 is 1.85 bits per heavy atom. The molecule has 0 rings (SSSR count). The topological polar surface area (TPSA) is 38.3 Å². The van der Waals surface area contributed by atoms with Gasteiger partial charge in [0, 0.05) is 6.04 Å². The summed E-state index contributed by atoms with van der Waals surface area (Å²) in [6.07, 6.45) is -0.424. The number of amides is 1. The van der Waals surface area contributed by atoms with Crippen molar-refractivity contribution in [1.82, 2.24) is 5.32 Å². The highest BCUT2D eigenvalue weighted by molar-refractivity contribution is 6.20. The van der Waals surface area contributed by atoms with Crippen LogP contribution in [-0.2, 0) is 4.74 Å². The van der Waals surface area contributed by atoms with Gasteiger partial charge in [0.1, 0.15) is 5.60 Å². The van der Waals surface area contributed by atoms with Crippen LogP contribution in [-0.4, -0.2) is 23.1 Å². The van der Waals surface area contributed by atoms with Crippen LogP contribution in [0.1, 0.15) is 34.6 Å². The van der Waals surface area contributed by atoms with Gasteiger partial charge in [0.2, 0.25) is 0 Å². The molecule has 2 atom stereocenters. The fourth-order valence-corrected chi connectivity index (χ4v) is 0.671. The van der Waals surface area contributed by atoms with Crippen LogP contribution in [0.15, 0.2) is 0 Å². The summed E-state index contributed by atoms with van der Waals surface area (Å²) in [5.41, 5.74) is -0.459. The minimum atomic E-state index is -0.459. The third-order valence-corrected chi connectivity index (χ3v) is 1.81. The molecule has 0 aromatic heterocycles. The van der Waals surface area contributed by atoms with Gasteiger partial charge in [-0.05, 0) is 34.6 Å². The van der Waals surface area contributed by atoms with Crippen LogP contribution in [0.5, 0.6) is 0 Å². The van der Waals surface area contributed by atoms with E-state index in [0.29, 0.717) is 0 Å². The maximum Gasteiger partial charge on any atom is 0.407 e. The van der Waals surface area contributed by atoms with E-state index in [0.717, 1.165) is 0 Å². The fraction of sp³-hybridized carbons (Fsp3) is 0.889. The van der Waals surface area contributed by atoms with Crippen LogP contribution in [0.4, 0.5) is 4.79 Å². The predicted octanol–water partition coefficient (Wildman–Crippen LogP) is 2.53. The molecule has 0 aromatic rings. The van der Waals surface area contributed by atoms with Crippen LogP contribution in [0.25, 0.3) is 0 Å². The Kier molecular flexibility index (Phi) is 4.54. The number of alkyl halides is 1. The van der Waals surface area contributed by atoms with E-state index in [1.54, 1.807) is 0 Å². The minimum absolute atomic E-state index is 0.0866. The smallest absolute Gasteiger partial charge is 0.407 e. The van der Waals surface area contributed by atoms with Gasteiger partial charge in [0.15, 0.2) is 0 Å². The fourth-order valence-electron chi connectivity index (χ4n) is 0.608. The largest absolute Gasteiger partial charge is 0.444 e. The molecule has 0 fully saturated rings. The summed E-state index contributed by atoms with van der Waals surface area (Å²) < 4.78 is 5.05. The van der Waals surface area contributed by atoms with Crippen molar-refractivity contribution in [3.63, 3.8) is 0 Å². The molecule has 0 saturated carbocycles. The molecule has 1 N–H and O–H groups in total. The van der Waals surface area contributed by atoms with Crippen molar-refractivity contribution in [3.05, 3.63) is 0 Å². The van der Waals surface area contributed by atoms with Gasteiger partial charge in [-0.1, -0.05) is 0 Å². The Labute approximate surface area is 84.8 Å². The zero-order valence-corrected chi connectivity index (χ0v) is 9.61. The first kappa shape index (κ1) is 12.6. The van der Waals surface area contributed by atoms with E-state index < -0.39 is 11.7 Å². The highest BCUT2D eigenvalue weighted by Gasteiger charge is 2.19. The summed E-state index contributed by atoms with van der Waals surface area (Å²) in [4.78, 5) is 11.2. The van der Waals surface area contributed by atoms with Crippen LogP contribution >= 0.6 is 11.6 Å². The van der Waals surface area contributed by atoms with Gasteiger partial charge >= 0.3 is 6.09 Å². The Hall–Kier alpha value is -0.440. The van der Waals surface area contributed by atoms with E-state index in [2.05, 4.69) is 5.32 Å². The van der Waals surface area contributed by atoms with Gasteiger partial charge in [-0.3, -0.25) is 0 Å². The molecular weight excluding hydrogens is 190 g/mol. The quantitative estimate of drug-likeness (QED) is 0.707. The molecule has 0 aliphatic carbocycles. The number of hydrogen-bond acceptors (Lipinski definition) is 2. The van der Waals surface area contributed by atoms with Gasteiger partial charge in [-0.25, -0.2) is 4.79 Å². The summed E-state index contributed by atoms with van der Waals surface area (Å²) in [7, 11) is 0. The summed E-state index contributed by atoms with van der Waals surface area (Å²) in [5.74, 6) is 0. The zero-order chi connectivity index (χ0) is 10.6. The maximum absolute atomic E-state index is 11.2. The lowest BCUT2D eigenvalue weighted by atomic mass is 10.2. The number of carbonyl (C=O) groups excluding carboxylic acids is 1. The molecule has 78 valence electrons. The maximum atomic E-state index is 11.2. The average molecular weight is 208 g/mol. The van der Waals surface area contributed by atoms with E-state index in [4.69, 9.17) is 16.3 Å². The lowest BCUT2D eigenvalue weighted by Gasteiger charge is -2.22. The van der Waals surface area contributed by atoms with E-state index in [9.17, 15) is 4.79 Å². The lowest BCUT2D eigenvalue weighted by molar-refractivity contribution is 0.0508. The normalized spacial score (nSPS) is 16.2. The molecular formula is C9H18ClNO2. The number of alkyl carbamates (subject to hydrolysis) is 1. The SMILES string of the molecule is CC(NC(=O)OC(C)(C)C)[C@H](C)Cl. The van der Waals surface area contributed by atoms with Crippen LogP contribution in [0, 0.1) is 0 Å². The van der Waals surface area contributed by atoms with Crippen molar-refractivity contribution >= 4 is 17.7 Å². The van der Waals surface area contributed by atoms with Gasteiger partial charge in [-0.2, -0.15) is 0 Å². The van der Waals surface area contributed by atoms with Crippen molar-refractivity contribution < 1.29 is 9.53 Å². The van der Waals surface area contributed by atoms with Crippen LogP contribution < -0.4 is 5.32 Å². The van der Waals surface area contributed by atoms with Crippen LogP contribution in [0.3, 0.4) is 0 Å². The molecule has 0 radical (unpaired) electrons. The van der Waals surface area contributed by atoms with Crippen molar-refractivity contribution in [2.45, 2.75) is 51.6 Å². The molecule has 0 aromatic carbocycles. The molecule has 4 heteroatoms. The molecule has 0 aliphatic rings. The van der Waals surface area contributed by atoms with Crippen molar-refractivity contribution in [3.8, 4) is 0 Å². The second kappa shape index (κ2) is 4.70. The lowest BCUT2D eigenvalue weighted by Crippen LogP contribution is -2.41. The average Bonchev–Trinajstić information content (AvgIpc) is 1.81. The highest BCUT2D eigenvalue weighted by Crippen LogP contribution is 2.08.